The van der Waals surface area contributed by atoms with E-state index in [4.69, 9.17) is 14.2 Å². The van der Waals surface area contributed by atoms with Gasteiger partial charge in [-0.05, 0) is 45.1 Å². The molecule has 2 heterocycles. The topological polar surface area (TPSA) is 126 Å². The molecule has 8 atom stereocenters. The zero-order valence-electron chi connectivity index (χ0n) is 23.0. The van der Waals surface area contributed by atoms with Gasteiger partial charge in [-0.25, -0.2) is 0 Å². The number of nitrogens with zero attached hydrogens (tertiary/aromatic N) is 1. The van der Waals surface area contributed by atoms with Crippen LogP contribution in [0.4, 0.5) is 0 Å². The molecule has 2 saturated heterocycles. The van der Waals surface area contributed by atoms with Crippen LogP contribution >= 0.6 is 0 Å². The van der Waals surface area contributed by atoms with Crippen LogP contribution in [0.3, 0.4) is 0 Å². The predicted molar refractivity (Wildman–Crippen MR) is 136 cm³/mol. The number of morpholine rings is 1. The van der Waals surface area contributed by atoms with Crippen molar-refractivity contribution in [3.63, 3.8) is 0 Å². The van der Waals surface area contributed by atoms with Crippen LogP contribution < -0.4 is 0 Å². The molecular weight excluding hydrogens is 478 g/mol. The lowest BCUT2D eigenvalue weighted by Crippen LogP contribution is -2.86. The van der Waals surface area contributed by atoms with Crippen molar-refractivity contribution in [2.75, 3.05) is 32.8 Å². The van der Waals surface area contributed by atoms with E-state index in [0.717, 1.165) is 19.6 Å². The molecule has 0 bridgehead atoms. The number of aliphatic hydroxyl groups excluding tert-OH is 2. The summed E-state index contributed by atoms with van der Waals surface area (Å²) in [5.41, 5.74) is -7.14. The van der Waals surface area contributed by atoms with E-state index >= 15 is 0 Å². The van der Waals surface area contributed by atoms with E-state index in [2.05, 4.69) is 11.5 Å². The number of hydrogen-bond donors (Lipinski definition) is 3. The van der Waals surface area contributed by atoms with E-state index in [1.165, 1.54) is 13.0 Å². The van der Waals surface area contributed by atoms with Gasteiger partial charge in [0, 0.05) is 37.3 Å². The Labute approximate surface area is 220 Å². The van der Waals surface area contributed by atoms with Crippen molar-refractivity contribution in [2.45, 2.75) is 102 Å². The average Bonchev–Trinajstić information content (AvgIpc) is 2.83. The molecule has 4 rings (SSSR count). The molecule has 0 aromatic heterocycles. The molecular formula is C28H45NO8. The highest BCUT2D eigenvalue weighted by Gasteiger charge is 2.81. The van der Waals surface area contributed by atoms with Gasteiger partial charge in [-0.15, -0.1) is 6.58 Å². The molecule has 2 aliphatic carbocycles. The number of carbonyl (C=O) groups is 2. The fourth-order valence-corrected chi connectivity index (χ4v) is 7.95. The number of ketones is 1. The minimum atomic E-state index is -2.21. The third kappa shape index (κ3) is 4.30. The maximum atomic E-state index is 13.9. The van der Waals surface area contributed by atoms with Crippen LogP contribution in [-0.2, 0) is 23.8 Å². The largest absolute Gasteiger partial charge is 0.456 e. The van der Waals surface area contributed by atoms with Crippen LogP contribution in [0.15, 0.2) is 12.7 Å². The van der Waals surface area contributed by atoms with Crippen LogP contribution in [0.25, 0.3) is 0 Å². The highest BCUT2D eigenvalue weighted by atomic mass is 16.6. The normalized spacial score (nSPS) is 46.0. The van der Waals surface area contributed by atoms with Gasteiger partial charge in [0.05, 0.1) is 31.0 Å². The Kier molecular flexibility index (Phi) is 7.49. The van der Waals surface area contributed by atoms with Gasteiger partial charge in [0.25, 0.3) is 0 Å². The van der Waals surface area contributed by atoms with Gasteiger partial charge in [-0.3, -0.25) is 14.5 Å². The number of hydrogen-bond acceptors (Lipinski definition) is 9. The molecule has 0 unspecified atom stereocenters. The Bertz CT molecular complexity index is 918. The summed E-state index contributed by atoms with van der Waals surface area (Å²) in [6.07, 6.45) is -0.666. The first-order valence-electron chi connectivity index (χ1n) is 13.6. The molecule has 4 aliphatic rings. The van der Waals surface area contributed by atoms with E-state index in [1.54, 1.807) is 13.8 Å². The average molecular weight is 524 g/mol. The minimum absolute atomic E-state index is 0.121. The summed E-state index contributed by atoms with van der Waals surface area (Å²) in [4.78, 5) is 29.3. The maximum absolute atomic E-state index is 13.9. The van der Waals surface area contributed by atoms with Crippen molar-refractivity contribution in [1.82, 2.24) is 4.90 Å². The summed E-state index contributed by atoms with van der Waals surface area (Å²) >= 11 is 0. The van der Waals surface area contributed by atoms with Crippen LogP contribution in [0.2, 0.25) is 0 Å². The third-order valence-electron chi connectivity index (χ3n) is 9.94. The molecule has 9 heteroatoms. The van der Waals surface area contributed by atoms with Gasteiger partial charge in [0.2, 0.25) is 0 Å². The quantitative estimate of drug-likeness (QED) is 0.352. The van der Waals surface area contributed by atoms with Crippen molar-refractivity contribution < 1.29 is 39.1 Å². The monoisotopic (exact) mass is 523 g/mol. The SMILES string of the molecule is C=C[C@@]1(C)CC(=O)[C@]2(O)[C@@]3(C)[C@@H](O)CCC(C)(C)[C@@H]3[C@H](O)[C@H](OC(=O)CCCN3CCOCC3)[C@@]2(C)O1. The number of Topliss-reactive ketones (excluding diaryl/α,β-unsaturated/α-hetero) is 1. The molecule has 2 aliphatic heterocycles. The third-order valence-corrected chi connectivity index (χ3v) is 9.94. The van der Waals surface area contributed by atoms with E-state index in [-0.39, 0.29) is 12.8 Å². The summed E-state index contributed by atoms with van der Waals surface area (Å²) < 4.78 is 17.8. The smallest absolute Gasteiger partial charge is 0.306 e. The number of aliphatic hydroxyl groups is 3. The molecule has 3 N–H and O–H groups in total. The van der Waals surface area contributed by atoms with Crippen molar-refractivity contribution in [2.24, 2.45) is 16.7 Å². The molecule has 210 valence electrons. The van der Waals surface area contributed by atoms with Crippen molar-refractivity contribution in [3.8, 4) is 0 Å². The molecule has 0 aromatic carbocycles. The van der Waals surface area contributed by atoms with Gasteiger partial charge >= 0.3 is 5.97 Å². The van der Waals surface area contributed by atoms with E-state index in [0.29, 0.717) is 32.5 Å². The van der Waals surface area contributed by atoms with E-state index in [1.807, 2.05) is 13.8 Å². The van der Waals surface area contributed by atoms with E-state index in [9.17, 15) is 24.9 Å². The van der Waals surface area contributed by atoms with E-state index < -0.39 is 63.6 Å². The summed E-state index contributed by atoms with van der Waals surface area (Å²) in [6, 6.07) is 0. The first kappa shape index (κ1) is 28.6. The zero-order valence-corrected chi connectivity index (χ0v) is 23.0. The number of fused-ring (bicyclic) bond motifs is 3. The van der Waals surface area contributed by atoms with Gasteiger partial charge in [-0.1, -0.05) is 26.8 Å². The Morgan fingerprint density at radius 1 is 1.19 bits per heavy atom. The summed E-state index contributed by atoms with van der Waals surface area (Å²) in [5.74, 6) is -1.76. The number of ether oxygens (including phenoxy) is 3. The van der Waals surface area contributed by atoms with Crippen LogP contribution in [0.1, 0.15) is 66.7 Å². The van der Waals surface area contributed by atoms with Gasteiger partial charge < -0.3 is 29.5 Å². The first-order chi connectivity index (χ1) is 17.2. The molecule has 0 radical (unpaired) electrons. The summed E-state index contributed by atoms with van der Waals surface area (Å²) in [6.45, 7) is 16.3. The van der Waals surface area contributed by atoms with Crippen molar-refractivity contribution >= 4 is 11.8 Å². The van der Waals surface area contributed by atoms with Gasteiger partial charge in [-0.2, -0.15) is 0 Å². The molecule has 2 saturated carbocycles. The molecule has 37 heavy (non-hydrogen) atoms. The fourth-order valence-electron chi connectivity index (χ4n) is 7.95. The van der Waals surface area contributed by atoms with Crippen LogP contribution in [0.5, 0.6) is 0 Å². The highest BCUT2D eigenvalue weighted by molar-refractivity contribution is 5.92. The zero-order chi connectivity index (χ0) is 27.4. The number of carbonyl (C=O) groups excluding carboxylic acids is 2. The minimum Gasteiger partial charge on any atom is -0.456 e. The second-order valence-corrected chi connectivity index (χ2v) is 12.8. The number of rotatable bonds is 6. The highest BCUT2D eigenvalue weighted by Crippen LogP contribution is 2.67. The molecule has 0 aromatic rings. The second kappa shape index (κ2) is 9.68. The van der Waals surface area contributed by atoms with Crippen LogP contribution in [-0.4, -0.2) is 99.9 Å². The molecule has 4 fully saturated rings. The Morgan fingerprint density at radius 2 is 1.84 bits per heavy atom. The lowest BCUT2D eigenvalue weighted by Gasteiger charge is -2.71. The van der Waals surface area contributed by atoms with Crippen molar-refractivity contribution in [3.05, 3.63) is 12.7 Å². The second-order valence-electron chi connectivity index (χ2n) is 12.8. The van der Waals surface area contributed by atoms with Gasteiger partial charge in [0.1, 0.15) is 5.60 Å². The Hall–Kier alpha value is -1.36. The summed E-state index contributed by atoms with van der Waals surface area (Å²) in [5, 5.41) is 35.7. The lowest BCUT2D eigenvalue weighted by atomic mass is 9.40. The Balaban J connectivity index is 1.69. The van der Waals surface area contributed by atoms with Crippen LogP contribution in [0, 0.1) is 16.7 Å². The fraction of sp³-hybridized carbons (Fsp3) is 0.857. The lowest BCUT2D eigenvalue weighted by molar-refractivity contribution is -0.370. The maximum Gasteiger partial charge on any atom is 0.306 e. The van der Waals surface area contributed by atoms with Gasteiger partial charge in [0.15, 0.2) is 17.5 Å². The molecule has 9 nitrogen and oxygen atoms in total. The molecule has 0 amide bonds. The molecule has 0 spiro atoms. The Morgan fingerprint density at radius 3 is 2.46 bits per heavy atom. The first-order valence-corrected chi connectivity index (χ1v) is 13.6. The van der Waals surface area contributed by atoms with Crippen molar-refractivity contribution in [1.29, 1.82) is 0 Å². The standard InChI is InChI=1S/C28H45NO8/c1-7-25(4)17-19(31)28(34)26(5)18(30)10-11-24(2,3)22(26)21(33)23(27(28,6)37-25)36-20(32)9-8-12-29-13-15-35-16-14-29/h7,18,21-23,30,33-34H,1,8-17H2,2-6H3/t18-,21-,22-,23-,25-,26-,27+,28-/m0/s1. The predicted octanol–water partition coefficient (Wildman–Crippen LogP) is 1.61. The summed E-state index contributed by atoms with van der Waals surface area (Å²) in [7, 11) is 0. The number of esters is 1.